The molecule has 3 aromatic rings. The lowest BCUT2D eigenvalue weighted by molar-refractivity contribution is -0.385. The summed E-state index contributed by atoms with van der Waals surface area (Å²) in [4.78, 5) is 11.2. The molecule has 0 amide bonds. The maximum atomic E-state index is 10.8. The maximum Gasteiger partial charge on any atom is 0.273 e. The third-order valence-electron chi connectivity index (χ3n) is 5.78. The molecule has 0 aliphatic rings. The zero-order chi connectivity index (χ0) is 32.2. The number of nitro groups is 1. The van der Waals surface area contributed by atoms with Crippen LogP contribution in [0.25, 0.3) is 0 Å². The van der Waals surface area contributed by atoms with Gasteiger partial charge in [0.15, 0.2) is 0 Å². The smallest absolute Gasteiger partial charge is 0.273 e. The van der Waals surface area contributed by atoms with Gasteiger partial charge in [-0.2, -0.15) is 0 Å². The van der Waals surface area contributed by atoms with Gasteiger partial charge in [0.1, 0.15) is 5.75 Å². The van der Waals surface area contributed by atoms with E-state index >= 15 is 0 Å². The van der Waals surface area contributed by atoms with Crippen molar-refractivity contribution >= 4 is 33.4 Å². The molecule has 248 valence electrons. The summed E-state index contributed by atoms with van der Waals surface area (Å²) >= 11 is 4.82. The first-order valence-electron chi connectivity index (χ1n) is 14.7. The molecule has 0 bridgehead atoms. The number of hydrogen-bond donors (Lipinski definition) is 0. The van der Waals surface area contributed by atoms with Crippen LogP contribution < -0.4 is 4.74 Å². The minimum absolute atomic E-state index is 0.0161. The number of nitro benzene ring substituents is 1. The Morgan fingerprint density at radius 1 is 0.644 bits per heavy atom. The van der Waals surface area contributed by atoms with Gasteiger partial charge < -0.3 is 33.2 Å². The average Bonchev–Trinajstić information content (AvgIpc) is 3.07. The molecule has 0 aliphatic carbocycles. The SMILES string of the molecule is BrCCOCCOCCOCc1ccccc1.COc1cc([N+](=O)[O-])ccc1SCCOCCOCCOCc1ccccc1. The monoisotopic (exact) mass is 709 g/mol. The summed E-state index contributed by atoms with van der Waals surface area (Å²) in [5.41, 5.74) is 2.35. The number of nitrogens with zero attached hydrogens (tertiary/aromatic N) is 1. The van der Waals surface area contributed by atoms with Crippen LogP contribution in [0.5, 0.6) is 5.75 Å². The van der Waals surface area contributed by atoms with Crippen molar-refractivity contribution in [2.24, 2.45) is 0 Å². The topological polar surface area (TPSA) is 108 Å². The fraction of sp³-hybridized carbons (Fsp3) is 0.455. The molecular weight excluding hydrogens is 666 g/mol. The number of ether oxygens (including phenoxy) is 7. The van der Waals surface area contributed by atoms with Crippen LogP contribution in [0.1, 0.15) is 11.1 Å². The molecule has 0 unspecified atom stereocenters. The Kier molecular flexibility index (Phi) is 22.9. The van der Waals surface area contributed by atoms with E-state index in [9.17, 15) is 10.1 Å². The number of hydrogen-bond acceptors (Lipinski definition) is 10. The Hall–Kier alpha value is -2.55. The molecule has 0 saturated heterocycles. The Morgan fingerprint density at radius 2 is 1.11 bits per heavy atom. The molecule has 0 spiro atoms. The lowest BCUT2D eigenvalue weighted by Crippen LogP contribution is -2.10. The molecule has 0 aromatic heterocycles. The number of benzene rings is 3. The summed E-state index contributed by atoms with van der Waals surface area (Å²) in [6.45, 7) is 7.12. The molecule has 0 aliphatic heterocycles. The van der Waals surface area contributed by atoms with Crippen LogP contribution in [-0.4, -0.2) is 89.2 Å². The number of non-ortho nitro benzene ring substituents is 1. The lowest BCUT2D eigenvalue weighted by Gasteiger charge is -2.09. The zero-order valence-electron chi connectivity index (χ0n) is 25.8. The third-order valence-corrected chi connectivity index (χ3v) is 7.12. The second-order valence-electron chi connectivity index (χ2n) is 9.16. The average molecular weight is 711 g/mol. The Bertz CT molecular complexity index is 1150. The van der Waals surface area contributed by atoms with Gasteiger partial charge in [-0.15, -0.1) is 11.8 Å². The molecule has 3 aromatic carbocycles. The van der Waals surface area contributed by atoms with Gasteiger partial charge in [0, 0.05) is 22.0 Å². The molecule has 0 heterocycles. The van der Waals surface area contributed by atoms with Crippen LogP contribution in [0, 0.1) is 10.1 Å². The van der Waals surface area contributed by atoms with Crippen molar-refractivity contribution in [3.8, 4) is 5.75 Å². The molecule has 0 fully saturated rings. The molecule has 0 atom stereocenters. The Morgan fingerprint density at radius 3 is 1.58 bits per heavy atom. The largest absolute Gasteiger partial charge is 0.495 e. The second kappa shape index (κ2) is 26.6. The van der Waals surface area contributed by atoms with Gasteiger partial charge in [0.2, 0.25) is 0 Å². The second-order valence-corrected chi connectivity index (χ2v) is 11.1. The highest BCUT2D eigenvalue weighted by Gasteiger charge is 2.11. The van der Waals surface area contributed by atoms with Crippen molar-refractivity contribution in [1.29, 1.82) is 0 Å². The van der Waals surface area contributed by atoms with E-state index in [1.165, 1.54) is 36.6 Å². The van der Waals surface area contributed by atoms with E-state index in [2.05, 4.69) is 28.1 Å². The predicted molar refractivity (Wildman–Crippen MR) is 180 cm³/mol. The molecule has 0 saturated carbocycles. The Balaban J connectivity index is 0.000000355. The van der Waals surface area contributed by atoms with Crippen molar-refractivity contribution < 1.29 is 38.1 Å². The van der Waals surface area contributed by atoms with E-state index in [4.69, 9.17) is 33.2 Å². The van der Waals surface area contributed by atoms with Crippen LogP contribution >= 0.6 is 27.7 Å². The fourth-order valence-corrected chi connectivity index (χ4v) is 4.66. The van der Waals surface area contributed by atoms with Crippen LogP contribution in [0.2, 0.25) is 0 Å². The number of rotatable bonds is 24. The molecule has 0 radical (unpaired) electrons. The van der Waals surface area contributed by atoms with Gasteiger partial charge in [-0.05, 0) is 17.2 Å². The molecule has 10 nitrogen and oxygen atoms in total. The van der Waals surface area contributed by atoms with Gasteiger partial charge in [0.25, 0.3) is 5.69 Å². The highest BCUT2D eigenvalue weighted by Crippen LogP contribution is 2.32. The first-order chi connectivity index (χ1) is 22.1. The summed E-state index contributed by atoms with van der Waals surface area (Å²) in [5, 5.41) is 11.7. The summed E-state index contributed by atoms with van der Waals surface area (Å²) in [6, 6.07) is 24.7. The van der Waals surface area contributed by atoms with Gasteiger partial charge in [-0.3, -0.25) is 10.1 Å². The highest BCUT2D eigenvalue weighted by molar-refractivity contribution is 9.09. The third kappa shape index (κ3) is 19.5. The fourth-order valence-electron chi connectivity index (χ4n) is 3.56. The van der Waals surface area contributed by atoms with Crippen molar-refractivity contribution in [3.63, 3.8) is 0 Å². The standard InChI is InChI=1S/C20H25NO6S.C13H19BrO3/c1-24-19-15-18(21(22)23)7-8-20(19)28-14-13-26-10-9-25-11-12-27-16-17-5-3-2-4-6-17;14-6-7-15-8-9-16-10-11-17-12-13-4-2-1-3-5-13/h2-8,15H,9-14,16H2,1H3;1-5H,6-12H2. The maximum absolute atomic E-state index is 10.8. The highest BCUT2D eigenvalue weighted by atomic mass is 79.9. The van der Waals surface area contributed by atoms with E-state index in [-0.39, 0.29) is 5.69 Å². The first kappa shape index (κ1) is 38.6. The minimum Gasteiger partial charge on any atom is -0.495 e. The number of methoxy groups -OCH3 is 1. The van der Waals surface area contributed by atoms with Crippen LogP contribution in [0.15, 0.2) is 83.8 Å². The molecule has 3 rings (SSSR count). The zero-order valence-corrected chi connectivity index (χ0v) is 28.2. The molecule has 45 heavy (non-hydrogen) atoms. The normalized spacial score (nSPS) is 10.7. The number of halogens is 1. The summed E-state index contributed by atoms with van der Waals surface area (Å²) in [7, 11) is 1.50. The van der Waals surface area contributed by atoms with Gasteiger partial charge in [-0.1, -0.05) is 76.6 Å². The Labute approximate surface area is 278 Å². The summed E-state index contributed by atoms with van der Waals surface area (Å²) in [5.74, 6) is 1.21. The molecular formula is C33H44BrNO9S. The predicted octanol–water partition coefficient (Wildman–Crippen LogP) is 6.58. The number of alkyl halides is 1. The van der Waals surface area contributed by atoms with Gasteiger partial charge in [0.05, 0.1) is 97.4 Å². The van der Waals surface area contributed by atoms with E-state index in [0.717, 1.165) is 22.4 Å². The van der Waals surface area contributed by atoms with Gasteiger partial charge >= 0.3 is 0 Å². The lowest BCUT2D eigenvalue weighted by atomic mass is 10.2. The summed E-state index contributed by atoms with van der Waals surface area (Å²) < 4.78 is 37.8. The quantitative estimate of drug-likeness (QED) is 0.0333. The van der Waals surface area contributed by atoms with E-state index in [1.54, 1.807) is 6.07 Å². The van der Waals surface area contributed by atoms with Gasteiger partial charge in [-0.25, -0.2) is 0 Å². The molecule has 0 N–H and O–H groups in total. The van der Waals surface area contributed by atoms with Crippen molar-refractivity contribution in [2.75, 3.05) is 84.3 Å². The van der Waals surface area contributed by atoms with E-state index in [0.29, 0.717) is 84.2 Å². The van der Waals surface area contributed by atoms with Crippen molar-refractivity contribution in [1.82, 2.24) is 0 Å². The van der Waals surface area contributed by atoms with Crippen LogP contribution in [0.4, 0.5) is 5.69 Å². The van der Waals surface area contributed by atoms with Crippen molar-refractivity contribution in [3.05, 3.63) is 100 Å². The van der Waals surface area contributed by atoms with Crippen molar-refractivity contribution in [2.45, 2.75) is 18.1 Å². The first-order valence-corrected chi connectivity index (χ1v) is 16.8. The molecule has 12 heteroatoms. The van der Waals surface area contributed by atoms with E-state index in [1.807, 2.05) is 48.5 Å². The summed E-state index contributed by atoms with van der Waals surface area (Å²) in [6.07, 6.45) is 0. The van der Waals surface area contributed by atoms with Crippen LogP contribution in [0.3, 0.4) is 0 Å². The van der Waals surface area contributed by atoms with Crippen LogP contribution in [-0.2, 0) is 41.6 Å². The van der Waals surface area contributed by atoms with E-state index < -0.39 is 4.92 Å². The minimum atomic E-state index is -0.438. The number of thioether (sulfide) groups is 1.